The zero-order chi connectivity index (χ0) is 19.2. The molecule has 0 aliphatic rings. The normalized spacial score (nSPS) is 11.5. The van der Waals surface area contributed by atoms with Gasteiger partial charge >= 0.3 is 0 Å². The molecule has 0 amide bonds. The van der Waals surface area contributed by atoms with E-state index in [2.05, 4.69) is 55.3 Å². The van der Waals surface area contributed by atoms with E-state index in [1.165, 1.54) is 11.1 Å². The van der Waals surface area contributed by atoms with E-state index in [9.17, 15) is 0 Å². The van der Waals surface area contributed by atoms with Crippen LogP contribution < -0.4 is 20.5 Å². The number of nitrogens with zero attached hydrogens (tertiary/aromatic N) is 1. The molecule has 2 aromatic carbocycles. The molecule has 2 rings (SSSR count). The van der Waals surface area contributed by atoms with Gasteiger partial charge in [0, 0.05) is 17.2 Å². The second-order valence-corrected chi connectivity index (χ2v) is 6.83. The van der Waals surface area contributed by atoms with Crippen LogP contribution in [-0.4, -0.2) is 26.7 Å². The second kappa shape index (κ2) is 10.4. The first-order valence-corrected chi connectivity index (χ1v) is 8.78. The molecule has 0 spiro atoms. The number of nitrogens with two attached hydrogens (primary N) is 1. The van der Waals surface area contributed by atoms with Crippen LogP contribution in [0.1, 0.15) is 31.9 Å². The fourth-order valence-corrected chi connectivity index (χ4v) is 2.67. The fraction of sp³-hybridized carbons (Fsp3) is 0.381. The van der Waals surface area contributed by atoms with Gasteiger partial charge in [0.1, 0.15) is 0 Å². The van der Waals surface area contributed by atoms with Crippen molar-refractivity contribution < 1.29 is 9.47 Å². The number of hydrogen-bond acceptors (Lipinski definition) is 3. The molecule has 0 saturated heterocycles. The molecule has 27 heavy (non-hydrogen) atoms. The maximum atomic E-state index is 6.07. The van der Waals surface area contributed by atoms with Gasteiger partial charge in [-0.2, -0.15) is 0 Å². The van der Waals surface area contributed by atoms with E-state index < -0.39 is 0 Å². The SMILES string of the molecule is CCc1ccc(C(C)(C)CN=C(N)Nc2ccc(OC)c(OC)c2)cc1.I. The second-order valence-electron chi connectivity index (χ2n) is 6.83. The minimum atomic E-state index is -0.101. The first-order chi connectivity index (χ1) is 12.4. The van der Waals surface area contributed by atoms with Crippen LogP contribution in [0.15, 0.2) is 47.5 Å². The Morgan fingerprint density at radius 2 is 1.67 bits per heavy atom. The topological polar surface area (TPSA) is 68.9 Å². The minimum Gasteiger partial charge on any atom is -0.493 e. The molecule has 0 saturated carbocycles. The van der Waals surface area contributed by atoms with Crippen molar-refractivity contribution in [2.75, 3.05) is 26.1 Å². The number of aryl methyl sites for hydroxylation is 1. The van der Waals surface area contributed by atoms with Gasteiger partial charge in [0.25, 0.3) is 0 Å². The van der Waals surface area contributed by atoms with E-state index >= 15 is 0 Å². The van der Waals surface area contributed by atoms with Gasteiger partial charge in [0.05, 0.1) is 20.8 Å². The van der Waals surface area contributed by atoms with Crippen molar-refractivity contribution in [3.05, 3.63) is 53.6 Å². The van der Waals surface area contributed by atoms with Gasteiger partial charge in [-0.25, -0.2) is 0 Å². The van der Waals surface area contributed by atoms with Crippen molar-refractivity contribution >= 4 is 35.6 Å². The monoisotopic (exact) mass is 483 g/mol. The Kier molecular flexibility index (Phi) is 8.88. The lowest BCUT2D eigenvalue weighted by atomic mass is 9.84. The number of methoxy groups -OCH3 is 2. The number of rotatable bonds is 7. The summed E-state index contributed by atoms with van der Waals surface area (Å²) >= 11 is 0. The van der Waals surface area contributed by atoms with Crippen molar-refractivity contribution in [3.8, 4) is 11.5 Å². The van der Waals surface area contributed by atoms with E-state index in [1.807, 2.05) is 18.2 Å². The number of ether oxygens (including phenoxy) is 2. The molecule has 0 unspecified atom stereocenters. The number of nitrogens with one attached hydrogen (secondary N) is 1. The van der Waals surface area contributed by atoms with Gasteiger partial charge in [0.2, 0.25) is 0 Å². The van der Waals surface area contributed by atoms with Gasteiger partial charge in [-0.15, -0.1) is 24.0 Å². The van der Waals surface area contributed by atoms with Gasteiger partial charge in [0.15, 0.2) is 17.5 Å². The maximum absolute atomic E-state index is 6.07. The molecule has 0 radical (unpaired) electrons. The van der Waals surface area contributed by atoms with Crippen molar-refractivity contribution in [2.45, 2.75) is 32.6 Å². The molecule has 0 aromatic heterocycles. The molecule has 0 atom stereocenters. The number of hydrogen-bond donors (Lipinski definition) is 2. The summed E-state index contributed by atoms with van der Waals surface area (Å²) in [7, 11) is 3.21. The average Bonchev–Trinajstić information content (AvgIpc) is 2.66. The van der Waals surface area contributed by atoms with Crippen LogP contribution in [0.3, 0.4) is 0 Å². The van der Waals surface area contributed by atoms with Gasteiger partial charge in [-0.3, -0.25) is 4.99 Å². The van der Waals surface area contributed by atoms with Crippen molar-refractivity contribution in [3.63, 3.8) is 0 Å². The summed E-state index contributed by atoms with van der Waals surface area (Å²) in [5, 5.41) is 3.10. The van der Waals surface area contributed by atoms with Crippen LogP contribution in [0.5, 0.6) is 11.5 Å². The molecule has 0 aliphatic carbocycles. The minimum absolute atomic E-state index is 0. The van der Waals surface area contributed by atoms with E-state index in [0.717, 1.165) is 12.1 Å². The summed E-state index contributed by atoms with van der Waals surface area (Å²) in [6.07, 6.45) is 1.04. The first-order valence-electron chi connectivity index (χ1n) is 8.78. The van der Waals surface area contributed by atoms with E-state index in [-0.39, 0.29) is 29.4 Å². The van der Waals surface area contributed by atoms with Crippen LogP contribution in [0.2, 0.25) is 0 Å². The summed E-state index contributed by atoms with van der Waals surface area (Å²) in [5.41, 5.74) is 9.35. The Morgan fingerprint density at radius 3 is 2.22 bits per heavy atom. The lowest BCUT2D eigenvalue weighted by Crippen LogP contribution is -2.27. The third-order valence-electron chi connectivity index (χ3n) is 4.44. The van der Waals surface area contributed by atoms with E-state index in [4.69, 9.17) is 15.2 Å². The smallest absolute Gasteiger partial charge is 0.193 e. The lowest BCUT2D eigenvalue weighted by molar-refractivity contribution is 0.355. The van der Waals surface area contributed by atoms with E-state index in [1.54, 1.807) is 14.2 Å². The standard InChI is InChI=1S/C21H29N3O2.HI/c1-6-15-7-9-16(10-8-15)21(2,3)14-23-20(22)24-17-11-12-18(25-4)19(13-17)26-5;/h7-13H,6,14H2,1-5H3,(H3,22,23,24);1H. The molecule has 0 bridgehead atoms. The van der Waals surface area contributed by atoms with Crippen molar-refractivity contribution in [2.24, 2.45) is 10.7 Å². The Balaban J connectivity index is 0.00000364. The molecule has 0 heterocycles. The number of guanidine groups is 1. The van der Waals surface area contributed by atoms with Crippen molar-refractivity contribution in [1.29, 1.82) is 0 Å². The molecule has 148 valence electrons. The summed E-state index contributed by atoms with van der Waals surface area (Å²) in [6, 6.07) is 14.2. The fourth-order valence-electron chi connectivity index (χ4n) is 2.67. The Morgan fingerprint density at radius 1 is 1.04 bits per heavy atom. The van der Waals surface area contributed by atoms with Crippen LogP contribution in [0.4, 0.5) is 5.69 Å². The highest BCUT2D eigenvalue weighted by Crippen LogP contribution is 2.29. The van der Waals surface area contributed by atoms with Crippen LogP contribution in [0.25, 0.3) is 0 Å². The van der Waals surface area contributed by atoms with Gasteiger partial charge in [-0.1, -0.05) is 45.0 Å². The molecule has 3 N–H and O–H groups in total. The van der Waals surface area contributed by atoms with E-state index in [0.29, 0.717) is 24.0 Å². The third kappa shape index (κ3) is 6.30. The number of aliphatic imine (C=N–C) groups is 1. The highest BCUT2D eigenvalue weighted by molar-refractivity contribution is 14.0. The molecule has 0 fully saturated rings. The third-order valence-corrected chi connectivity index (χ3v) is 4.44. The predicted molar refractivity (Wildman–Crippen MR) is 124 cm³/mol. The summed E-state index contributed by atoms with van der Waals surface area (Å²) in [6.45, 7) is 7.08. The summed E-state index contributed by atoms with van der Waals surface area (Å²) < 4.78 is 10.5. The highest BCUT2D eigenvalue weighted by Gasteiger charge is 2.20. The number of anilines is 1. The number of halogens is 1. The van der Waals surface area contributed by atoms with Crippen LogP contribution in [-0.2, 0) is 11.8 Å². The van der Waals surface area contributed by atoms with Crippen molar-refractivity contribution in [1.82, 2.24) is 0 Å². The first kappa shape index (κ1) is 23.1. The van der Waals surface area contributed by atoms with Gasteiger partial charge < -0.3 is 20.5 Å². The molecular formula is C21H30IN3O2. The zero-order valence-corrected chi connectivity index (χ0v) is 19.0. The lowest BCUT2D eigenvalue weighted by Gasteiger charge is -2.23. The highest BCUT2D eigenvalue weighted by atomic mass is 127. The molecule has 6 heteroatoms. The zero-order valence-electron chi connectivity index (χ0n) is 16.7. The molecular weight excluding hydrogens is 453 g/mol. The summed E-state index contributed by atoms with van der Waals surface area (Å²) in [4.78, 5) is 4.52. The Labute approximate surface area is 179 Å². The quantitative estimate of drug-likeness (QED) is 0.344. The van der Waals surface area contributed by atoms with Crippen LogP contribution in [0, 0.1) is 0 Å². The Hall–Kier alpha value is -1.96. The maximum Gasteiger partial charge on any atom is 0.193 e. The largest absolute Gasteiger partial charge is 0.493 e. The van der Waals surface area contributed by atoms with Gasteiger partial charge in [-0.05, 0) is 29.7 Å². The number of benzene rings is 2. The van der Waals surface area contributed by atoms with Crippen LogP contribution >= 0.6 is 24.0 Å². The predicted octanol–water partition coefficient (Wildman–Crippen LogP) is 4.59. The summed E-state index contributed by atoms with van der Waals surface area (Å²) in [5.74, 6) is 1.68. The molecule has 2 aromatic rings. The Bertz CT molecular complexity index is 759. The molecule has 5 nitrogen and oxygen atoms in total. The molecule has 0 aliphatic heterocycles. The average molecular weight is 483 g/mol.